The van der Waals surface area contributed by atoms with Crippen LogP contribution in [-0.2, 0) is 0 Å². The van der Waals surface area contributed by atoms with Crippen LogP contribution >= 0.6 is 0 Å². The first-order valence-electron chi connectivity index (χ1n) is 19.1. The molecule has 8 aromatic carbocycles. The molecular weight excluding hydrogens is 699 g/mol. The summed E-state index contributed by atoms with van der Waals surface area (Å²) in [7, 11) is 0. The summed E-state index contributed by atoms with van der Waals surface area (Å²) in [6, 6.07) is 65.6. The van der Waals surface area contributed by atoms with Gasteiger partial charge in [-0.2, -0.15) is 0 Å². The van der Waals surface area contributed by atoms with Gasteiger partial charge in [0.25, 0.3) is 0 Å². The van der Waals surface area contributed by atoms with Gasteiger partial charge in [0.05, 0.1) is 33.1 Å². The molecule has 0 aliphatic rings. The molecule has 57 heavy (non-hydrogen) atoms. The van der Waals surface area contributed by atoms with Crippen molar-refractivity contribution in [3.63, 3.8) is 0 Å². The lowest BCUT2D eigenvalue weighted by Gasteiger charge is -2.13. The molecule has 4 heterocycles. The molecule has 266 valence electrons. The van der Waals surface area contributed by atoms with Crippen molar-refractivity contribution in [3.8, 4) is 45.5 Å². The van der Waals surface area contributed by atoms with Gasteiger partial charge >= 0.3 is 0 Å². The van der Waals surface area contributed by atoms with Crippen molar-refractivity contribution >= 4 is 65.6 Å². The SMILES string of the molecule is c1ccc(-c2nc(-c3ccccc3)nc(-c3cc(-n4c5ccccc5c5cc6c7ccccc7n(-c7ccccc7)c6cc54)c4c(c3)oc3ccccc34)n2)cc1. The third kappa shape index (κ3) is 4.87. The van der Waals surface area contributed by atoms with Crippen LogP contribution in [0.15, 0.2) is 192 Å². The Morgan fingerprint density at radius 2 is 0.825 bits per heavy atom. The third-order valence-electron chi connectivity index (χ3n) is 11.1. The van der Waals surface area contributed by atoms with E-state index in [1.807, 2.05) is 72.8 Å². The number of hydrogen-bond acceptors (Lipinski definition) is 4. The van der Waals surface area contributed by atoms with Gasteiger partial charge < -0.3 is 13.6 Å². The smallest absolute Gasteiger partial charge is 0.164 e. The molecule has 0 fully saturated rings. The van der Waals surface area contributed by atoms with Crippen molar-refractivity contribution < 1.29 is 4.42 Å². The lowest BCUT2D eigenvalue weighted by molar-refractivity contribution is 0.669. The molecule has 0 spiro atoms. The topological polar surface area (TPSA) is 61.7 Å². The van der Waals surface area contributed by atoms with Gasteiger partial charge in [0.1, 0.15) is 11.2 Å². The fourth-order valence-corrected chi connectivity index (χ4v) is 8.62. The molecule has 0 atom stereocenters. The van der Waals surface area contributed by atoms with E-state index in [4.69, 9.17) is 19.4 Å². The van der Waals surface area contributed by atoms with E-state index in [9.17, 15) is 0 Å². The highest BCUT2D eigenvalue weighted by Gasteiger charge is 2.23. The zero-order valence-electron chi connectivity index (χ0n) is 30.5. The number of para-hydroxylation sites is 4. The lowest BCUT2D eigenvalue weighted by Crippen LogP contribution is -2.01. The van der Waals surface area contributed by atoms with Crippen molar-refractivity contribution in [2.24, 2.45) is 0 Å². The van der Waals surface area contributed by atoms with E-state index in [1.54, 1.807) is 0 Å². The van der Waals surface area contributed by atoms with Crippen molar-refractivity contribution in [2.75, 3.05) is 0 Å². The highest BCUT2D eigenvalue weighted by atomic mass is 16.3. The van der Waals surface area contributed by atoms with Crippen LogP contribution in [0.25, 0.3) is 111 Å². The predicted molar refractivity (Wildman–Crippen MR) is 232 cm³/mol. The Hall–Kier alpha value is -7.83. The minimum Gasteiger partial charge on any atom is -0.456 e. The summed E-state index contributed by atoms with van der Waals surface area (Å²) in [5, 5.41) is 6.86. The van der Waals surface area contributed by atoms with E-state index in [0.717, 1.165) is 66.6 Å². The van der Waals surface area contributed by atoms with Crippen molar-refractivity contribution in [2.45, 2.75) is 0 Å². The van der Waals surface area contributed by atoms with Crippen LogP contribution in [0, 0.1) is 0 Å². The van der Waals surface area contributed by atoms with Crippen LogP contribution in [0.1, 0.15) is 0 Å². The minimum absolute atomic E-state index is 0.568. The van der Waals surface area contributed by atoms with Crippen molar-refractivity contribution in [1.82, 2.24) is 24.1 Å². The summed E-state index contributed by atoms with van der Waals surface area (Å²) in [4.78, 5) is 15.3. The molecule has 6 nitrogen and oxygen atoms in total. The van der Waals surface area contributed by atoms with Crippen molar-refractivity contribution in [1.29, 1.82) is 0 Å². The van der Waals surface area contributed by atoms with Crippen LogP contribution in [0.4, 0.5) is 0 Å². The monoisotopic (exact) mass is 729 g/mol. The molecule has 0 saturated carbocycles. The number of aromatic nitrogens is 5. The zero-order valence-corrected chi connectivity index (χ0v) is 30.5. The molecule has 12 rings (SSSR count). The Morgan fingerprint density at radius 1 is 0.333 bits per heavy atom. The number of benzene rings is 8. The second kappa shape index (κ2) is 12.3. The number of nitrogens with zero attached hydrogens (tertiary/aromatic N) is 5. The first-order chi connectivity index (χ1) is 28.3. The van der Waals surface area contributed by atoms with Gasteiger partial charge in [0.15, 0.2) is 17.5 Å². The largest absolute Gasteiger partial charge is 0.456 e. The third-order valence-corrected chi connectivity index (χ3v) is 11.1. The molecule has 0 amide bonds. The van der Waals surface area contributed by atoms with E-state index < -0.39 is 0 Å². The van der Waals surface area contributed by atoms with Crippen LogP contribution in [0.3, 0.4) is 0 Å². The van der Waals surface area contributed by atoms with E-state index in [1.165, 1.54) is 27.1 Å². The van der Waals surface area contributed by atoms with E-state index in [2.05, 4.69) is 124 Å². The lowest BCUT2D eigenvalue weighted by atomic mass is 10.1. The van der Waals surface area contributed by atoms with E-state index >= 15 is 0 Å². The Balaban J connectivity index is 1.20. The summed E-state index contributed by atoms with van der Waals surface area (Å²) >= 11 is 0. The molecule has 12 aromatic rings. The maximum Gasteiger partial charge on any atom is 0.164 e. The highest BCUT2D eigenvalue weighted by Crippen LogP contribution is 2.43. The van der Waals surface area contributed by atoms with Crippen LogP contribution in [0.5, 0.6) is 0 Å². The Kier molecular flexibility index (Phi) is 6.83. The Morgan fingerprint density at radius 3 is 1.46 bits per heavy atom. The average molecular weight is 730 g/mol. The first-order valence-corrected chi connectivity index (χ1v) is 19.1. The molecular formula is C51H31N5O. The fourth-order valence-electron chi connectivity index (χ4n) is 8.62. The number of fused-ring (bicyclic) bond motifs is 9. The molecule has 0 unspecified atom stereocenters. The quantitative estimate of drug-likeness (QED) is 0.177. The molecule has 0 radical (unpaired) electrons. The van der Waals surface area contributed by atoms with Gasteiger partial charge in [-0.05, 0) is 54.6 Å². The van der Waals surface area contributed by atoms with Crippen LogP contribution in [-0.4, -0.2) is 24.1 Å². The molecule has 0 aliphatic heterocycles. The number of hydrogen-bond donors (Lipinski definition) is 0. The second-order valence-electron chi connectivity index (χ2n) is 14.4. The summed E-state index contributed by atoms with van der Waals surface area (Å²) < 4.78 is 11.5. The van der Waals surface area contributed by atoms with Gasteiger partial charge in [-0.15, -0.1) is 0 Å². The van der Waals surface area contributed by atoms with E-state index in [0.29, 0.717) is 17.5 Å². The molecule has 4 aromatic heterocycles. The van der Waals surface area contributed by atoms with Crippen LogP contribution < -0.4 is 0 Å². The molecule has 0 bridgehead atoms. The molecule has 0 saturated heterocycles. The maximum absolute atomic E-state index is 6.71. The summed E-state index contributed by atoms with van der Waals surface area (Å²) in [5.74, 6) is 1.79. The Labute approximate surface area is 326 Å². The van der Waals surface area contributed by atoms with Crippen LogP contribution in [0.2, 0.25) is 0 Å². The maximum atomic E-state index is 6.71. The molecule has 0 aliphatic carbocycles. The predicted octanol–water partition coefficient (Wildman–Crippen LogP) is 13.0. The molecule has 0 N–H and O–H groups in total. The van der Waals surface area contributed by atoms with Gasteiger partial charge in [0.2, 0.25) is 0 Å². The minimum atomic E-state index is 0.568. The number of furan rings is 1. The van der Waals surface area contributed by atoms with Gasteiger partial charge in [-0.3, -0.25) is 0 Å². The Bertz CT molecular complexity index is 3450. The second-order valence-corrected chi connectivity index (χ2v) is 14.4. The van der Waals surface area contributed by atoms with Gasteiger partial charge in [-0.25, -0.2) is 15.0 Å². The first kappa shape index (κ1) is 31.5. The van der Waals surface area contributed by atoms with Crippen molar-refractivity contribution in [3.05, 3.63) is 188 Å². The standard InChI is InChI=1S/C51H31N5O/c1-4-16-32(17-5-1)49-52-50(33-18-6-2-7-19-33)54-51(53-49)34-28-45(48-38-24-12-15-27-46(38)57-47(48)29-34)56-42-26-14-11-23-37(42)40-30-39-36-22-10-13-25-41(36)55(43(39)31-44(40)56)35-20-8-3-9-21-35/h1-31H. The normalized spacial score (nSPS) is 11.9. The average Bonchev–Trinajstić information content (AvgIpc) is 3.93. The summed E-state index contributed by atoms with van der Waals surface area (Å²) in [6.45, 7) is 0. The fraction of sp³-hybridized carbons (Fsp3) is 0. The zero-order chi connectivity index (χ0) is 37.5. The van der Waals surface area contributed by atoms with E-state index in [-0.39, 0.29) is 0 Å². The summed E-state index contributed by atoms with van der Waals surface area (Å²) in [6.07, 6.45) is 0. The van der Waals surface area contributed by atoms with Gasteiger partial charge in [-0.1, -0.05) is 133 Å². The van der Waals surface area contributed by atoms with Gasteiger partial charge in [0, 0.05) is 49.3 Å². The molecule has 6 heteroatoms. The summed E-state index contributed by atoms with van der Waals surface area (Å²) in [5.41, 5.74) is 10.9. The highest BCUT2D eigenvalue weighted by molar-refractivity contribution is 6.20. The number of rotatable bonds is 5.